The summed E-state index contributed by atoms with van der Waals surface area (Å²) in [5.74, 6) is 2.19. The van der Waals surface area contributed by atoms with Gasteiger partial charge in [-0.05, 0) is 25.7 Å². The first-order chi connectivity index (χ1) is 5.27. The molecule has 0 radical (unpaired) electrons. The smallest absolute Gasteiger partial charge is 0.00388 e. The molecule has 0 bridgehead atoms. The van der Waals surface area contributed by atoms with Gasteiger partial charge in [0, 0.05) is 19.1 Å². The fourth-order valence-electron chi connectivity index (χ4n) is 2.18. The fraction of sp³-hybridized carbons (Fsp3) is 1.00. The van der Waals surface area contributed by atoms with Crippen LogP contribution in [0.4, 0.5) is 0 Å². The van der Waals surface area contributed by atoms with Crippen LogP contribution in [0.1, 0.15) is 33.1 Å². The van der Waals surface area contributed by atoms with Crippen molar-refractivity contribution in [1.82, 2.24) is 4.90 Å². The number of rotatable bonds is 2. The van der Waals surface area contributed by atoms with E-state index in [1.54, 1.807) is 0 Å². The molecule has 2 fully saturated rings. The summed E-state index contributed by atoms with van der Waals surface area (Å²) in [6.45, 7) is 7.39. The Morgan fingerprint density at radius 3 is 2.09 bits per heavy atom. The number of nitrogens with zero attached hydrogens (tertiary/aromatic N) is 1. The van der Waals surface area contributed by atoms with Crippen LogP contribution in [0.25, 0.3) is 0 Å². The van der Waals surface area contributed by atoms with Crippen LogP contribution in [0.2, 0.25) is 0 Å². The Kier molecular flexibility index (Phi) is 1.92. The molecule has 0 aromatic rings. The van der Waals surface area contributed by atoms with Gasteiger partial charge in [0.05, 0.1) is 0 Å². The number of hydrogen-bond donors (Lipinski definition) is 0. The molecule has 0 aromatic carbocycles. The Hall–Kier alpha value is -0.0400. The van der Waals surface area contributed by atoms with E-state index in [1.165, 1.54) is 32.4 Å². The Balaban J connectivity index is 1.70. The molecule has 1 saturated carbocycles. The quantitative estimate of drug-likeness (QED) is 0.587. The third kappa shape index (κ3) is 1.31. The Bertz CT molecular complexity index is 132. The Morgan fingerprint density at radius 1 is 1.09 bits per heavy atom. The van der Waals surface area contributed by atoms with Crippen molar-refractivity contribution in [2.24, 2.45) is 11.8 Å². The average Bonchev–Trinajstić information content (AvgIpc) is 1.70. The van der Waals surface area contributed by atoms with Crippen molar-refractivity contribution >= 4 is 0 Å². The molecular weight excluding hydrogens is 134 g/mol. The summed E-state index contributed by atoms with van der Waals surface area (Å²) in [6, 6.07) is 0.784. The number of likely N-dealkylation sites (tertiary alicyclic amines) is 1. The lowest BCUT2D eigenvalue weighted by Gasteiger charge is -2.48. The lowest BCUT2D eigenvalue weighted by atomic mass is 9.72. The van der Waals surface area contributed by atoms with E-state index < -0.39 is 0 Å². The summed E-state index contributed by atoms with van der Waals surface area (Å²) in [5.41, 5.74) is 0. The third-order valence-electron chi connectivity index (χ3n) is 3.48. The van der Waals surface area contributed by atoms with Gasteiger partial charge in [0.2, 0.25) is 0 Å². The third-order valence-corrected chi connectivity index (χ3v) is 3.48. The molecule has 11 heavy (non-hydrogen) atoms. The zero-order chi connectivity index (χ0) is 7.84. The highest BCUT2D eigenvalue weighted by Crippen LogP contribution is 2.38. The molecule has 0 spiro atoms. The molecule has 1 heterocycles. The van der Waals surface area contributed by atoms with Gasteiger partial charge in [-0.2, -0.15) is 0 Å². The first-order valence-corrected chi connectivity index (χ1v) is 5.01. The van der Waals surface area contributed by atoms with Crippen LogP contribution in [0.15, 0.2) is 0 Å². The van der Waals surface area contributed by atoms with Gasteiger partial charge in [-0.25, -0.2) is 0 Å². The van der Waals surface area contributed by atoms with Crippen LogP contribution in [-0.2, 0) is 0 Å². The second-order valence-corrected chi connectivity index (χ2v) is 4.50. The number of hydrogen-bond acceptors (Lipinski definition) is 1. The molecule has 0 N–H and O–H groups in total. The summed E-state index contributed by atoms with van der Waals surface area (Å²) < 4.78 is 0. The molecule has 2 aliphatic rings. The van der Waals surface area contributed by atoms with E-state index in [0.717, 1.165) is 17.9 Å². The van der Waals surface area contributed by atoms with Gasteiger partial charge in [-0.3, -0.25) is 0 Å². The van der Waals surface area contributed by atoms with Gasteiger partial charge in [-0.15, -0.1) is 0 Å². The highest BCUT2D eigenvalue weighted by Gasteiger charge is 2.36. The first-order valence-electron chi connectivity index (χ1n) is 5.01. The second-order valence-electron chi connectivity index (χ2n) is 4.50. The predicted octanol–water partition coefficient (Wildman–Crippen LogP) is 2.13. The molecular formula is C10H19N. The van der Waals surface area contributed by atoms with Gasteiger partial charge in [0.1, 0.15) is 0 Å². The predicted molar refractivity (Wildman–Crippen MR) is 47.5 cm³/mol. The van der Waals surface area contributed by atoms with Crippen LogP contribution in [0.5, 0.6) is 0 Å². The van der Waals surface area contributed by atoms with Crippen molar-refractivity contribution in [2.45, 2.75) is 39.2 Å². The summed E-state index contributed by atoms with van der Waals surface area (Å²) in [6.07, 6.45) is 4.55. The van der Waals surface area contributed by atoms with Crippen molar-refractivity contribution in [3.05, 3.63) is 0 Å². The maximum atomic E-state index is 2.59. The highest BCUT2D eigenvalue weighted by molar-refractivity contribution is 4.89. The van der Waals surface area contributed by atoms with Crippen LogP contribution in [-0.4, -0.2) is 24.0 Å². The summed E-state index contributed by atoms with van der Waals surface area (Å²) in [7, 11) is 0. The minimum absolute atomic E-state index is 0.784. The van der Waals surface area contributed by atoms with E-state index in [-0.39, 0.29) is 0 Å². The normalized spacial score (nSPS) is 28.6. The van der Waals surface area contributed by atoms with Gasteiger partial charge in [0.15, 0.2) is 0 Å². The van der Waals surface area contributed by atoms with E-state index in [4.69, 9.17) is 0 Å². The van der Waals surface area contributed by atoms with Crippen molar-refractivity contribution < 1.29 is 0 Å². The molecule has 1 aliphatic heterocycles. The lowest BCUT2D eigenvalue weighted by Crippen LogP contribution is -2.53. The van der Waals surface area contributed by atoms with Crippen LogP contribution in [0, 0.1) is 11.8 Å². The first kappa shape index (κ1) is 7.60. The summed E-state index contributed by atoms with van der Waals surface area (Å²) in [5, 5.41) is 0. The molecule has 0 atom stereocenters. The van der Waals surface area contributed by atoms with Gasteiger partial charge in [0.25, 0.3) is 0 Å². The van der Waals surface area contributed by atoms with Gasteiger partial charge < -0.3 is 4.90 Å². The SMILES string of the molecule is CC(C)N1CC(C2CCC2)C1. The molecule has 0 unspecified atom stereocenters. The van der Waals surface area contributed by atoms with Gasteiger partial charge >= 0.3 is 0 Å². The molecule has 1 aliphatic carbocycles. The molecule has 0 aromatic heterocycles. The molecule has 1 saturated heterocycles. The van der Waals surface area contributed by atoms with Gasteiger partial charge in [-0.1, -0.05) is 19.3 Å². The molecule has 1 heteroatoms. The maximum Gasteiger partial charge on any atom is 0.00388 e. The van der Waals surface area contributed by atoms with Crippen LogP contribution in [0.3, 0.4) is 0 Å². The average molecular weight is 153 g/mol. The van der Waals surface area contributed by atoms with Crippen LogP contribution >= 0.6 is 0 Å². The second kappa shape index (κ2) is 2.78. The van der Waals surface area contributed by atoms with E-state index >= 15 is 0 Å². The lowest BCUT2D eigenvalue weighted by molar-refractivity contribution is 0.00591. The van der Waals surface area contributed by atoms with Crippen molar-refractivity contribution in [3.63, 3.8) is 0 Å². The largest absolute Gasteiger partial charge is 0.300 e. The molecule has 0 amide bonds. The van der Waals surface area contributed by atoms with E-state index in [9.17, 15) is 0 Å². The van der Waals surface area contributed by atoms with Crippen molar-refractivity contribution in [2.75, 3.05) is 13.1 Å². The molecule has 2 rings (SSSR count). The topological polar surface area (TPSA) is 3.24 Å². The van der Waals surface area contributed by atoms with E-state index in [2.05, 4.69) is 18.7 Å². The minimum atomic E-state index is 0.784. The van der Waals surface area contributed by atoms with Crippen molar-refractivity contribution in [1.29, 1.82) is 0 Å². The summed E-state index contributed by atoms with van der Waals surface area (Å²) in [4.78, 5) is 2.59. The molecule has 1 nitrogen and oxygen atoms in total. The minimum Gasteiger partial charge on any atom is -0.300 e. The van der Waals surface area contributed by atoms with Crippen molar-refractivity contribution in [3.8, 4) is 0 Å². The highest BCUT2D eigenvalue weighted by atomic mass is 15.2. The molecule has 64 valence electrons. The fourth-order valence-corrected chi connectivity index (χ4v) is 2.18. The monoisotopic (exact) mass is 153 g/mol. The maximum absolute atomic E-state index is 2.59. The zero-order valence-corrected chi connectivity index (χ0v) is 7.71. The van der Waals surface area contributed by atoms with E-state index in [0.29, 0.717) is 0 Å². The Morgan fingerprint density at radius 2 is 1.73 bits per heavy atom. The standard InChI is InChI=1S/C10H19N/c1-8(2)11-6-10(7-11)9-4-3-5-9/h8-10H,3-7H2,1-2H3. The Labute approximate surface area is 69.8 Å². The summed E-state index contributed by atoms with van der Waals surface area (Å²) >= 11 is 0. The van der Waals surface area contributed by atoms with E-state index in [1.807, 2.05) is 0 Å². The van der Waals surface area contributed by atoms with Crippen LogP contribution < -0.4 is 0 Å². The zero-order valence-electron chi connectivity index (χ0n) is 7.71.